The molecule has 0 aliphatic rings. The zero-order valence-corrected chi connectivity index (χ0v) is 9.70. The van der Waals surface area contributed by atoms with Gasteiger partial charge in [-0.05, 0) is 49.9 Å². The molecule has 0 aliphatic heterocycles. The predicted molar refractivity (Wildman–Crippen MR) is 64.2 cm³/mol. The van der Waals surface area contributed by atoms with Crippen molar-refractivity contribution in [2.75, 3.05) is 13.2 Å². The van der Waals surface area contributed by atoms with Crippen LogP contribution in [-0.4, -0.2) is 13.2 Å². The Morgan fingerprint density at radius 3 is 2.47 bits per heavy atom. The summed E-state index contributed by atoms with van der Waals surface area (Å²) < 4.78 is 5.39. The molecule has 0 heterocycles. The topological polar surface area (TPSA) is 35.2 Å². The average molecular weight is 207 g/mol. The van der Waals surface area contributed by atoms with Gasteiger partial charge in [0.15, 0.2) is 0 Å². The van der Waals surface area contributed by atoms with Gasteiger partial charge in [-0.15, -0.1) is 0 Å². The van der Waals surface area contributed by atoms with E-state index in [0.717, 1.165) is 31.7 Å². The molecule has 0 saturated heterocycles. The lowest BCUT2D eigenvalue weighted by Gasteiger charge is -2.08. The summed E-state index contributed by atoms with van der Waals surface area (Å²) in [5.74, 6) is 1.56. The summed E-state index contributed by atoms with van der Waals surface area (Å²) in [6.45, 7) is 5.69. The number of nitrogens with two attached hydrogens (primary N) is 1. The Hall–Kier alpha value is -1.02. The van der Waals surface area contributed by atoms with E-state index >= 15 is 0 Å². The molecule has 1 rings (SSSR count). The van der Waals surface area contributed by atoms with Gasteiger partial charge in [0.1, 0.15) is 5.75 Å². The molecule has 0 amide bonds. The fraction of sp³-hybridized carbons (Fsp3) is 0.538. The summed E-state index contributed by atoms with van der Waals surface area (Å²) in [6.07, 6.45) is 2.26. The maximum atomic E-state index is 5.58. The Morgan fingerprint density at radius 1 is 1.27 bits per heavy atom. The minimum Gasteiger partial charge on any atom is -0.494 e. The van der Waals surface area contributed by atoms with E-state index in [-0.39, 0.29) is 0 Å². The first kappa shape index (κ1) is 12.1. The second-order valence-electron chi connectivity index (χ2n) is 3.96. The Bertz CT molecular complexity index is 268. The molecular weight excluding hydrogens is 186 g/mol. The number of hydrogen-bond donors (Lipinski definition) is 1. The van der Waals surface area contributed by atoms with Gasteiger partial charge in [0.05, 0.1) is 6.61 Å². The highest BCUT2D eigenvalue weighted by molar-refractivity contribution is 5.27. The lowest BCUT2D eigenvalue weighted by atomic mass is 10.0. The van der Waals surface area contributed by atoms with Crippen LogP contribution in [0.4, 0.5) is 0 Å². The Labute approximate surface area is 92.4 Å². The first-order chi connectivity index (χ1) is 7.26. The maximum absolute atomic E-state index is 5.58. The van der Waals surface area contributed by atoms with Crippen molar-refractivity contribution in [1.29, 1.82) is 0 Å². The third-order valence-corrected chi connectivity index (χ3v) is 2.56. The first-order valence-electron chi connectivity index (χ1n) is 5.68. The van der Waals surface area contributed by atoms with E-state index < -0.39 is 0 Å². The molecule has 84 valence electrons. The van der Waals surface area contributed by atoms with Crippen molar-refractivity contribution in [3.63, 3.8) is 0 Å². The van der Waals surface area contributed by atoms with Crippen LogP contribution in [0.15, 0.2) is 24.3 Å². The quantitative estimate of drug-likeness (QED) is 0.778. The van der Waals surface area contributed by atoms with E-state index in [4.69, 9.17) is 10.5 Å². The normalized spacial score (nSPS) is 12.5. The zero-order chi connectivity index (χ0) is 11.1. The zero-order valence-electron chi connectivity index (χ0n) is 9.70. The van der Waals surface area contributed by atoms with Gasteiger partial charge >= 0.3 is 0 Å². The molecule has 0 aliphatic carbocycles. The Balaban J connectivity index is 2.42. The fourth-order valence-corrected chi connectivity index (χ4v) is 1.45. The largest absolute Gasteiger partial charge is 0.494 e. The molecule has 0 saturated carbocycles. The van der Waals surface area contributed by atoms with Crippen LogP contribution < -0.4 is 10.5 Å². The van der Waals surface area contributed by atoms with E-state index in [9.17, 15) is 0 Å². The van der Waals surface area contributed by atoms with Gasteiger partial charge in [-0.2, -0.15) is 0 Å². The average Bonchev–Trinajstić information content (AvgIpc) is 2.28. The highest BCUT2D eigenvalue weighted by Crippen LogP contribution is 2.14. The van der Waals surface area contributed by atoms with Crippen LogP contribution >= 0.6 is 0 Å². The number of rotatable bonds is 6. The van der Waals surface area contributed by atoms with Gasteiger partial charge in [-0.25, -0.2) is 0 Å². The van der Waals surface area contributed by atoms with Gasteiger partial charge in [0.25, 0.3) is 0 Å². The SMILES string of the molecule is CCOc1ccc(CCC(C)CN)cc1. The van der Waals surface area contributed by atoms with Crippen molar-refractivity contribution in [1.82, 2.24) is 0 Å². The van der Waals surface area contributed by atoms with Crippen LogP contribution in [0.25, 0.3) is 0 Å². The van der Waals surface area contributed by atoms with Crippen molar-refractivity contribution < 1.29 is 4.74 Å². The van der Waals surface area contributed by atoms with E-state index in [1.165, 1.54) is 5.56 Å². The summed E-state index contributed by atoms with van der Waals surface area (Å²) in [4.78, 5) is 0. The maximum Gasteiger partial charge on any atom is 0.119 e. The molecule has 0 fully saturated rings. The number of ether oxygens (including phenoxy) is 1. The smallest absolute Gasteiger partial charge is 0.119 e. The van der Waals surface area contributed by atoms with Crippen molar-refractivity contribution in [2.24, 2.45) is 11.7 Å². The molecule has 0 bridgehead atoms. The summed E-state index contributed by atoms with van der Waals surface area (Å²) in [5, 5.41) is 0. The second kappa shape index (κ2) is 6.46. The lowest BCUT2D eigenvalue weighted by Crippen LogP contribution is -2.11. The van der Waals surface area contributed by atoms with Crippen LogP contribution in [0.3, 0.4) is 0 Å². The third kappa shape index (κ3) is 4.34. The monoisotopic (exact) mass is 207 g/mol. The minimum atomic E-state index is 0.608. The van der Waals surface area contributed by atoms with Crippen molar-refractivity contribution >= 4 is 0 Å². The van der Waals surface area contributed by atoms with Crippen LogP contribution in [0.2, 0.25) is 0 Å². The Morgan fingerprint density at radius 2 is 1.93 bits per heavy atom. The minimum absolute atomic E-state index is 0.608. The highest BCUT2D eigenvalue weighted by Gasteiger charge is 2.00. The number of benzene rings is 1. The Kier molecular flexibility index (Phi) is 5.19. The molecule has 15 heavy (non-hydrogen) atoms. The fourth-order valence-electron chi connectivity index (χ4n) is 1.45. The summed E-state index contributed by atoms with van der Waals surface area (Å²) in [6, 6.07) is 8.33. The van der Waals surface area contributed by atoms with Crippen LogP contribution in [0, 0.1) is 5.92 Å². The summed E-state index contributed by atoms with van der Waals surface area (Å²) in [5.41, 5.74) is 6.94. The standard InChI is InChI=1S/C13H21NO/c1-3-15-13-8-6-12(7-9-13)5-4-11(2)10-14/h6-9,11H,3-5,10,14H2,1-2H3. The van der Waals surface area contributed by atoms with Gasteiger partial charge in [0.2, 0.25) is 0 Å². The molecule has 0 radical (unpaired) electrons. The van der Waals surface area contributed by atoms with E-state index in [2.05, 4.69) is 19.1 Å². The molecule has 1 aromatic carbocycles. The molecule has 1 aromatic rings. The third-order valence-electron chi connectivity index (χ3n) is 2.56. The summed E-state index contributed by atoms with van der Waals surface area (Å²) >= 11 is 0. The van der Waals surface area contributed by atoms with Gasteiger partial charge in [-0.1, -0.05) is 19.1 Å². The van der Waals surface area contributed by atoms with Gasteiger partial charge in [-0.3, -0.25) is 0 Å². The van der Waals surface area contributed by atoms with Crippen molar-refractivity contribution in [3.8, 4) is 5.75 Å². The van der Waals surface area contributed by atoms with Gasteiger partial charge < -0.3 is 10.5 Å². The molecular formula is C13H21NO. The van der Waals surface area contributed by atoms with Gasteiger partial charge in [0, 0.05) is 0 Å². The second-order valence-corrected chi connectivity index (χ2v) is 3.96. The molecule has 2 N–H and O–H groups in total. The molecule has 2 heteroatoms. The van der Waals surface area contributed by atoms with Crippen molar-refractivity contribution in [2.45, 2.75) is 26.7 Å². The van der Waals surface area contributed by atoms with E-state index in [0.29, 0.717) is 5.92 Å². The lowest BCUT2D eigenvalue weighted by molar-refractivity contribution is 0.340. The molecule has 0 aromatic heterocycles. The molecule has 2 nitrogen and oxygen atoms in total. The van der Waals surface area contributed by atoms with Crippen molar-refractivity contribution in [3.05, 3.63) is 29.8 Å². The predicted octanol–water partition coefficient (Wildman–Crippen LogP) is 2.61. The number of hydrogen-bond acceptors (Lipinski definition) is 2. The summed E-state index contributed by atoms with van der Waals surface area (Å²) in [7, 11) is 0. The molecule has 1 unspecified atom stereocenters. The molecule has 0 spiro atoms. The van der Waals surface area contributed by atoms with E-state index in [1.807, 2.05) is 19.1 Å². The van der Waals surface area contributed by atoms with E-state index in [1.54, 1.807) is 0 Å². The molecule has 1 atom stereocenters. The van der Waals surface area contributed by atoms with Crippen LogP contribution in [-0.2, 0) is 6.42 Å². The van der Waals surface area contributed by atoms with Crippen LogP contribution in [0.5, 0.6) is 5.75 Å². The first-order valence-corrected chi connectivity index (χ1v) is 5.68. The van der Waals surface area contributed by atoms with Crippen LogP contribution in [0.1, 0.15) is 25.8 Å². The highest BCUT2D eigenvalue weighted by atomic mass is 16.5. The number of aryl methyl sites for hydroxylation is 1.